The molecular formula is C16H11ClFNO2. The van der Waals surface area contributed by atoms with Crippen molar-refractivity contribution in [2.45, 2.75) is 6.54 Å². The van der Waals surface area contributed by atoms with E-state index in [1.807, 2.05) is 12.1 Å². The molecule has 0 amide bonds. The molecule has 3 rings (SSSR count). The average molecular weight is 304 g/mol. The Morgan fingerprint density at radius 1 is 1.24 bits per heavy atom. The van der Waals surface area contributed by atoms with Gasteiger partial charge in [-0.2, -0.15) is 0 Å². The second kappa shape index (κ2) is 5.22. The van der Waals surface area contributed by atoms with Crippen LogP contribution in [-0.2, 0) is 6.54 Å². The zero-order valence-electron chi connectivity index (χ0n) is 10.9. The number of hydrogen-bond donors (Lipinski definition) is 1. The molecule has 0 unspecified atom stereocenters. The summed E-state index contributed by atoms with van der Waals surface area (Å²) in [6.45, 7) is 0.310. The van der Waals surface area contributed by atoms with Crippen LogP contribution in [-0.4, -0.2) is 15.6 Å². The molecule has 0 radical (unpaired) electrons. The zero-order valence-corrected chi connectivity index (χ0v) is 11.6. The summed E-state index contributed by atoms with van der Waals surface area (Å²) < 4.78 is 15.1. The Labute approximate surface area is 125 Å². The minimum Gasteiger partial charge on any atom is -0.478 e. The highest BCUT2D eigenvalue weighted by Gasteiger charge is 2.13. The molecule has 0 spiro atoms. The summed E-state index contributed by atoms with van der Waals surface area (Å²) in [6, 6.07) is 11.1. The largest absolute Gasteiger partial charge is 0.478 e. The van der Waals surface area contributed by atoms with Gasteiger partial charge >= 0.3 is 5.97 Å². The van der Waals surface area contributed by atoms with E-state index >= 15 is 0 Å². The number of halogens is 2. The minimum absolute atomic E-state index is 0.213. The van der Waals surface area contributed by atoms with Crippen molar-refractivity contribution in [2.75, 3.05) is 0 Å². The predicted octanol–water partition coefficient (Wildman–Crippen LogP) is 4.18. The first-order valence-corrected chi connectivity index (χ1v) is 6.69. The molecule has 0 saturated heterocycles. The van der Waals surface area contributed by atoms with E-state index in [9.17, 15) is 14.3 Å². The van der Waals surface area contributed by atoms with Crippen LogP contribution in [0, 0.1) is 5.82 Å². The molecule has 1 aromatic heterocycles. The minimum atomic E-state index is -0.995. The third-order valence-electron chi connectivity index (χ3n) is 3.37. The highest BCUT2D eigenvalue weighted by Crippen LogP contribution is 2.24. The van der Waals surface area contributed by atoms with Crippen molar-refractivity contribution in [3.63, 3.8) is 0 Å². The molecule has 1 N–H and O–H groups in total. The first kappa shape index (κ1) is 13.6. The molecule has 5 heteroatoms. The highest BCUT2D eigenvalue weighted by molar-refractivity contribution is 6.31. The van der Waals surface area contributed by atoms with Crippen molar-refractivity contribution in [3.05, 3.63) is 70.6 Å². The van der Waals surface area contributed by atoms with Crippen LogP contribution in [0.5, 0.6) is 0 Å². The van der Waals surface area contributed by atoms with Gasteiger partial charge in [-0.3, -0.25) is 0 Å². The first-order chi connectivity index (χ1) is 10.1. The second-order valence-corrected chi connectivity index (χ2v) is 5.14. The van der Waals surface area contributed by atoms with Crippen molar-refractivity contribution < 1.29 is 14.3 Å². The fourth-order valence-electron chi connectivity index (χ4n) is 2.41. The summed E-state index contributed by atoms with van der Waals surface area (Å²) in [7, 11) is 0. The molecule has 3 aromatic rings. The SMILES string of the molecule is O=C(O)c1cccc2ccn(Cc3cc(F)ccc3Cl)c12. The van der Waals surface area contributed by atoms with Crippen LogP contribution in [0.2, 0.25) is 5.02 Å². The Bertz CT molecular complexity index is 841. The Kier molecular flexibility index (Phi) is 3.39. The van der Waals surface area contributed by atoms with E-state index in [-0.39, 0.29) is 11.4 Å². The summed E-state index contributed by atoms with van der Waals surface area (Å²) in [5.74, 6) is -1.37. The normalized spacial score (nSPS) is 11.0. The van der Waals surface area contributed by atoms with Gasteiger partial charge in [-0.1, -0.05) is 23.7 Å². The lowest BCUT2D eigenvalue weighted by atomic mass is 10.1. The maximum Gasteiger partial charge on any atom is 0.337 e. The Morgan fingerprint density at radius 3 is 2.81 bits per heavy atom. The van der Waals surface area contributed by atoms with Crippen molar-refractivity contribution in [1.82, 2.24) is 4.57 Å². The Morgan fingerprint density at radius 2 is 2.05 bits per heavy atom. The summed E-state index contributed by atoms with van der Waals surface area (Å²) in [6.07, 6.45) is 1.78. The summed E-state index contributed by atoms with van der Waals surface area (Å²) in [5.41, 5.74) is 1.42. The lowest BCUT2D eigenvalue weighted by Crippen LogP contribution is -2.04. The van der Waals surface area contributed by atoms with E-state index in [1.54, 1.807) is 22.9 Å². The third-order valence-corrected chi connectivity index (χ3v) is 3.74. The molecule has 106 valence electrons. The zero-order chi connectivity index (χ0) is 15.0. The lowest BCUT2D eigenvalue weighted by Gasteiger charge is -2.09. The van der Waals surface area contributed by atoms with Crippen LogP contribution >= 0.6 is 11.6 Å². The van der Waals surface area contributed by atoms with Gasteiger partial charge in [0, 0.05) is 23.2 Å². The fourth-order valence-corrected chi connectivity index (χ4v) is 2.59. The van der Waals surface area contributed by atoms with Crippen LogP contribution in [0.15, 0.2) is 48.7 Å². The van der Waals surface area contributed by atoms with Crippen LogP contribution in [0.4, 0.5) is 4.39 Å². The van der Waals surface area contributed by atoms with Gasteiger partial charge < -0.3 is 9.67 Å². The summed E-state index contributed by atoms with van der Waals surface area (Å²) >= 11 is 6.07. The van der Waals surface area contributed by atoms with Gasteiger partial charge in [-0.05, 0) is 35.9 Å². The number of nitrogens with zero attached hydrogens (tertiary/aromatic N) is 1. The predicted molar refractivity (Wildman–Crippen MR) is 79.4 cm³/mol. The topological polar surface area (TPSA) is 42.2 Å². The number of fused-ring (bicyclic) bond motifs is 1. The molecule has 0 aliphatic carbocycles. The molecule has 0 atom stereocenters. The molecule has 0 saturated carbocycles. The van der Waals surface area contributed by atoms with Crippen LogP contribution in [0.1, 0.15) is 15.9 Å². The van der Waals surface area contributed by atoms with E-state index in [0.717, 1.165) is 5.39 Å². The standard InChI is InChI=1S/C16H11ClFNO2/c17-14-5-4-12(18)8-11(14)9-19-7-6-10-2-1-3-13(15(10)19)16(20)21/h1-8H,9H2,(H,20,21). The number of rotatable bonds is 3. The maximum absolute atomic E-state index is 13.3. The fraction of sp³-hybridized carbons (Fsp3) is 0.0625. The molecule has 0 aliphatic heterocycles. The van der Waals surface area contributed by atoms with Gasteiger partial charge in [-0.25, -0.2) is 9.18 Å². The number of aromatic nitrogens is 1. The number of carbonyl (C=O) groups is 1. The number of carboxylic acid groups (broad SMARTS) is 1. The van der Waals surface area contributed by atoms with Crippen molar-refractivity contribution in [1.29, 1.82) is 0 Å². The number of benzene rings is 2. The maximum atomic E-state index is 13.3. The number of hydrogen-bond acceptors (Lipinski definition) is 1. The van der Waals surface area contributed by atoms with E-state index in [1.165, 1.54) is 18.2 Å². The molecule has 3 nitrogen and oxygen atoms in total. The third kappa shape index (κ3) is 2.50. The first-order valence-electron chi connectivity index (χ1n) is 6.31. The molecule has 1 heterocycles. The number of para-hydroxylation sites is 1. The van der Waals surface area contributed by atoms with Crippen molar-refractivity contribution in [2.24, 2.45) is 0 Å². The molecule has 0 fully saturated rings. The Balaban J connectivity index is 2.13. The van der Waals surface area contributed by atoms with Crippen LogP contribution in [0.25, 0.3) is 10.9 Å². The van der Waals surface area contributed by atoms with E-state index in [2.05, 4.69) is 0 Å². The van der Waals surface area contributed by atoms with E-state index in [0.29, 0.717) is 22.6 Å². The molecular weight excluding hydrogens is 293 g/mol. The smallest absolute Gasteiger partial charge is 0.337 e. The van der Waals surface area contributed by atoms with Gasteiger partial charge in [-0.15, -0.1) is 0 Å². The molecule has 2 aromatic carbocycles. The van der Waals surface area contributed by atoms with Crippen LogP contribution < -0.4 is 0 Å². The summed E-state index contributed by atoms with van der Waals surface area (Å²) in [5, 5.41) is 10.6. The van der Waals surface area contributed by atoms with Crippen molar-refractivity contribution >= 4 is 28.5 Å². The number of carboxylic acids is 1. The highest BCUT2D eigenvalue weighted by atomic mass is 35.5. The monoisotopic (exact) mass is 303 g/mol. The summed E-state index contributed by atoms with van der Waals surface area (Å²) in [4.78, 5) is 11.3. The van der Waals surface area contributed by atoms with Gasteiger partial charge in [0.2, 0.25) is 0 Å². The van der Waals surface area contributed by atoms with E-state index in [4.69, 9.17) is 11.6 Å². The van der Waals surface area contributed by atoms with Crippen LogP contribution in [0.3, 0.4) is 0 Å². The number of aromatic carboxylic acids is 1. The Hall–Kier alpha value is -2.33. The molecule has 0 bridgehead atoms. The quantitative estimate of drug-likeness (QED) is 0.788. The van der Waals surface area contributed by atoms with Gasteiger partial charge in [0.25, 0.3) is 0 Å². The van der Waals surface area contributed by atoms with Gasteiger partial charge in [0.05, 0.1) is 11.1 Å². The molecule has 0 aliphatic rings. The average Bonchev–Trinajstić information content (AvgIpc) is 2.86. The van der Waals surface area contributed by atoms with Gasteiger partial charge in [0.15, 0.2) is 0 Å². The van der Waals surface area contributed by atoms with E-state index < -0.39 is 5.97 Å². The van der Waals surface area contributed by atoms with Crippen molar-refractivity contribution in [3.8, 4) is 0 Å². The second-order valence-electron chi connectivity index (χ2n) is 4.73. The molecule has 21 heavy (non-hydrogen) atoms. The van der Waals surface area contributed by atoms with Gasteiger partial charge in [0.1, 0.15) is 5.82 Å². The lowest BCUT2D eigenvalue weighted by molar-refractivity contribution is 0.0698.